The molecular weight excluding hydrogens is 312 g/mol. The van der Waals surface area contributed by atoms with Gasteiger partial charge in [0.2, 0.25) is 0 Å². The summed E-state index contributed by atoms with van der Waals surface area (Å²) in [6, 6.07) is 6.61. The predicted molar refractivity (Wildman–Crippen MR) is 104 cm³/mol. The van der Waals surface area contributed by atoms with E-state index >= 15 is 0 Å². The summed E-state index contributed by atoms with van der Waals surface area (Å²) < 4.78 is 5.71. The van der Waals surface area contributed by atoms with E-state index < -0.39 is 5.97 Å². The molecule has 0 aliphatic rings. The Balaban J connectivity index is 2.41. The molecule has 0 aliphatic carbocycles. The van der Waals surface area contributed by atoms with E-state index in [4.69, 9.17) is 4.74 Å². The number of phenols is 1. The quantitative estimate of drug-likeness (QED) is 0.303. The Bertz CT molecular complexity index is 470. The van der Waals surface area contributed by atoms with Crippen molar-refractivity contribution in [1.82, 2.24) is 0 Å². The highest BCUT2D eigenvalue weighted by Gasteiger charge is 2.18. The molecule has 0 aliphatic heterocycles. The van der Waals surface area contributed by atoms with E-state index in [1.165, 1.54) is 51.0 Å². The van der Waals surface area contributed by atoms with Crippen molar-refractivity contribution in [3.63, 3.8) is 0 Å². The number of benzene rings is 1. The van der Waals surface area contributed by atoms with Crippen LogP contribution in [0.15, 0.2) is 24.3 Å². The number of rotatable bonds is 14. The van der Waals surface area contributed by atoms with Crippen molar-refractivity contribution < 1.29 is 14.6 Å². The van der Waals surface area contributed by atoms with Crippen molar-refractivity contribution >= 4 is 5.97 Å². The fourth-order valence-corrected chi connectivity index (χ4v) is 3.07. The molecule has 0 spiro atoms. The van der Waals surface area contributed by atoms with Gasteiger partial charge in [0, 0.05) is 0 Å². The van der Waals surface area contributed by atoms with Crippen molar-refractivity contribution in [2.75, 3.05) is 0 Å². The van der Waals surface area contributed by atoms with Gasteiger partial charge in [-0.15, -0.1) is 0 Å². The maximum absolute atomic E-state index is 12.3. The molecule has 25 heavy (non-hydrogen) atoms. The molecule has 142 valence electrons. The van der Waals surface area contributed by atoms with Crippen molar-refractivity contribution in [3.05, 3.63) is 29.8 Å². The van der Waals surface area contributed by atoms with Gasteiger partial charge in [0.25, 0.3) is 0 Å². The molecule has 3 heteroatoms. The first-order valence-electron chi connectivity index (χ1n) is 10.2. The Kier molecular flexibility index (Phi) is 11.8. The van der Waals surface area contributed by atoms with E-state index in [0.717, 1.165) is 32.1 Å². The summed E-state index contributed by atoms with van der Waals surface area (Å²) in [4.78, 5) is 12.3. The Morgan fingerprint density at radius 2 is 1.40 bits per heavy atom. The zero-order valence-electron chi connectivity index (χ0n) is 16.1. The number of para-hydroxylation sites is 1. The number of hydrogen-bond donors (Lipinski definition) is 1. The number of unbranched alkanes of at least 4 members (excludes halogenated alkanes) is 8. The summed E-state index contributed by atoms with van der Waals surface area (Å²) in [5, 5.41) is 9.82. The number of phenolic OH excluding ortho intramolecular Hbond substituents is 1. The van der Waals surface area contributed by atoms with Gasteiger partial charge >= 0.3 is 5.97 Å². The summed E-state index contributed by atoms with van der Waals surface area (Å²) in [7, 11) is 0. The van der Waals surface area contributed by atoms with Crippen molar-refractivity contribution in [2.24, 2.45) is 0 Å². The molecule has 3 nitrogen and oxygen atoms in total. The minimum Gasteiger partial charge on any atom is -0.507 e. The van der Waals surface area contributed by atoms with Crippen LogP contribution in [-0.2, 0) is 4.74 Å². The molecule has 0 radical (unpaired) electrons. The van der Waals surface area contributed by atoms with Gasteiger partial charge in [0.15, 0.2) is 0 Å². The van der Waals surface area contributed by atoms with Crippen LogP contribution < -0.4 is 0 Å². The molecule has 1 aromatic carbocycles. The smallest absolute Gasteiger partial charge is 0.342 e. The highest BCUT2D eigenvalue weighted by Crippen LogP contribution is 2.21. The van der Waals surface area contributed by atoms with Crippen LogP contribution in [0, 0.1) is 0 Å². The van der Waals surface area contributed by atoms with E-state index in [2.05, 4.69) is 13.8 Å². The summed E-state index contributed by atoms with van der Waals surface area (Å²) >= 11 is 0. The second kappa shape index (κ2) is 13.7. The van der Waals surface area contributed by atoms with Crippen LogP contribution in [-0.4, -0.2) is 17.2 Å². The number of esters is 1. The third-order valence-corrected chi connectivity index (χ3v) is 4.66. The van der Waals surface area contributed by atoms with Gasteiger partial charge in [-0.05, 0) is 37.8 Å². The minimum atomic E-state index is -0.400. The standard InChI is InChI=1S/C22H36O3/c1-3-5-7-8-9-10-12-16-19(15-11-6-4-2)25-22(24)20-17-13-14-18-21(20)23/h13-14,17-19,23H,3-12,15-16H2,1-2H3. The molecule has 0 fully saturated rings. The van der Waals surface area contributed by atoms with E-state index in [1.54, 1.807) is 18.2 Å². The van der Waals surface area contributed by atoms with Gasteiger partial charge in [0.1, 0.15) is 17.4 Å². The average Bonchev–Trinajstić information content (AvgIpc) is 2.61. The lowest BCUT2D eigenvalue weighted by Crippen LogP contribution is -2.18. The molecule has 0 aromatic heterocycles. The maximum atomic E-state index is 12.3. The number of carbonyl (C=O) groups is 1. The highest BCUT2D eigenvalue weighted by molar-refractivity contribution is 5.92. The van der Waals surface area contributed by atoms with Gasteiger partial charge < -0.3 is 9.84 Å². The van der Waals surface area contributed by atoms with Crippen LogP contribution in [0.2, 0.25) is 0 Å². The number of carbonyl (C=O) groups excluding carboxylic acids is 1. The largest absolute Gasteiger partial charge is 0.507 e. The number of aromatic hydroxyl groups is 1. The van der Waals surface area contributed by atoms with Gasteiger partial charge in [-0.25, -0.2) is 4.79 Å². The van der Waals surface area contributed by atoms with Crippen LogP contribution in [0.3, 0.4) is 0 Å². The first-order valence-corrected chi connectivity index (χ1v) is 10.2. The minimum absolute atomic E-state index is 0.00395. The Hall–Kier alpha value is -1.51. The molecule has 1 aromatic rings. The third kappa shape index (κ3) is 9.52. The van der Waals surface area contributed by atoms with Crippen molar-refractivity contribution in [1.29, 1.82) is 0 Å². The Morgan fingerprint density at radius 1 is 0.880 bits per heavy atom. The fraction of sp³-hybridized carbons (Fsp3) is 0.682. The van der Waals surface area contributed by atoms with Gasteiger partial charge in [-0.3, -0.25) is 0 Å². The molecule has 1 rings (SSSR count). The molecular formula is C22H36O3. The van der Waals surface area contributed by atoms with Crippen LogP contribution in [0.4, 0.5) is 0 Å². The monoisotopic (exact) mass is 348 g/mol. The van der Waals surface area contributed by atoms with Crippen LogP contribution >= 0.6 is 0 Å². The summed E-state index contributed by atoms with van der Waals surface area (Å²) in [6.45, 7) is 4.42. The summed E-state index contributed by atoms with van der Waals surface area (Å²) in [5.41, 5.74) is 0.266. The zero-order valence-corrected chi connectivity index (χ0v) is 16.1. The lowest BCUT2D eigenvalue weighted by atomic mass is 10.0. The van der Waals surface area contributed by atoms with Crippen LogP contribution in [0.5, 0.6) is 5.75 Å². The first kappa shape index (κ1) is 21.5. The highest BCUT2D eigenvalue weighted by atomic mass is 16.5. The van der Waals surface area contributed by atoms with E-state index in [0.29, 0.717) is 0 Å². The summed E-state index contributed by atoms with van der Waals surface area (Å²) in [5.74, 6) is -0.404. The first-order chi connectivity index (χ1) is 12.2. The SMILES string of the molecule is CCCCCCCCCC(CCCCC)OC(=O)c1ccccc1O. The van der Waals surface area contributed by atoms with Crippen molar-refractivity contribution in [3.8, 4) is 5.75 Å². The van der Waals surface area contributed by atoms with Crippen molar-refractivity contribution in [2.45, 2.75) is 97.0 Å². The molecule has 0 amide bonds. The second-order valence-electron chi connectivity index (χ2n) is 6.95. The maximum Gasteiger partial charge on any atom is 0.342 e. The van der Waals surface area contributed by atoms with Gasteiger partial charge in [0.05, 0.1) is 0 Å². The van der Waals surface area contributed by atoms with Gasteiger partial charge in [-0.2, -0.15) is 0 Å². The third-order valence-electron chi connectivity index (χ3n) is 4.66. The molecule has 1 N–H and O–H groups in total. The Morgan fingerprint density at radius 3 is 2.04 bits per heavy atom. The lowest BCUT2D eigenvalue weighted by molar-refractivity contribution is 0.0246. The van der Waals surface area contributed by atoms with Gasteiger partial charge in [-0.1, -0.05) is 77.3 Å². The van der Waals surface area contributed by atoms with Crippen LogP contribution in [0.25, 0.3) is 0 Å². The van der Waals surface area contributed by atoms with Crippen LogP contribution in [0.1, 0.15) is 101 Å². The Labute approximate surface area is 153 Å². The normalized spacial score (nSPS) is 12.1. The lowest BCUT2D eigenvalue weighted by Gasteiger charge is -2.18. The number of hydrogen-bond acceptors (Lipinski definition) is 3. The zero-order chi connectivity index (χ0) is 18.3. The molecule has 0 bridgehead atoms. The molecule has 0 heterocycles. The second-order valence-corrected chi connectivity index (χ2v) is 6.95. The molecule has 1 atom stereocenters. The van der Waals surface area contributed by atoms with E-state index in [1.807, 2.05) is 0 Å². The predicted octanol–water partition coefficient (Wildman–Crippen LogP) is 6.64. The molecule has 1 unspecified atom stereocenters. The topological polar surface area (TPSA) is 46.5 Å². The van der Waals surface area contributed by atoms with E-state index in [-0.39, 0.29) is 17.4 Å². The summed E-state index contributed by atoms with van der Waals surface area (Å²) in [6.07, 6.45) is 14.1. The molecule has 0 saturated heterocycles. The average molecular weight is 349 g/mol. The fourth-order valence-electron chi connectivity index (χ4n) is 3.07. The molecule has 0 saturated carbocycles. The number of ether oxygens (including phenoxy) is 1. The van der Waals surface area contributed by atoms with E-state index in [9.17, 15) is 9.90 Å².